The summed E-state index contributed by atoms with van der Waals surface area (Å²) in [4.78, 5) is 46.9. The summed E-state index contributed by atoms with van der Waals surface area (Å²) in [7, 11) is 1.63. The Morgan fingerprint density at radius 3 is 1.68 bits per heavy atom. The van der Waals surface area contributed by atoms with Crippen LogP contribution in [0.25, 0.3) is 0 Å². The first-order valence-corrected chi connectivity index (χ1v) is 14.3. The summed E-state index contributed by atoms with van der Waals surface area (Å²) in [5.74, 6) is 0.941. The molecule has 3 amide bonds. The summed E-state index contributed by atoms with van der Waals surface area (Å²) in [6.07, 6.45) is 11.4. The van der Waals surface area contributed by atoms with Crippen molar-refractivity contribution in [2.75, 3.05) is 33.3 Å². The van der Waals surface area contributed by atoms with E-state index in [1.54, 1.807) is 19.3 Å². The van der Waals surface area contributed by atoms with Gasteiger partial charge in [-0.05, 0) is 46.5 Å². The van der Waals surface area contributed by atoms with Crippen LogP contribution in [0.4, 0.5) is 0 Å². The number of nitrogens with zero attached hydrogens (tertiary/aromatic N) is 4. The Kier molecular flexibility index (Phi) is 7.73. The van der Waals surface area contributed by atoms with Crippen LogP contribution in [0.3, 0.4) is 0 Å². The third-order valence-electron chi connectivity index (χ3n) is 9.03. The molecular weight excluding hydrogens is 482 g/mol. The van der Waals surface area contributed by atoms with E-state index >= 15 is 0 Å². The quantitative estimate of drug-likeness (QED) is 0.593. The zero-order valence-corrected chi connectivity index (χ0v) is 23.3. The van der Waals surface area contributed by atoms with E-state index in [2.05, 4.69) is 33.9 Å². The second-order valence-electron chi connectivity index (χ2n) is 11.7. The molecule has 0 aromatic carbocycles. The Morgan fingerprint density at radius 1 is 0.711 bits per heavy atom. The van der Waals surface area contributed by atoms with Gasteiger partial charge in [0.1, 0.15) is 5.76 Å². The van der Waals surface area contributed by atoms with Gasteiger partial charge < -0.3 is 29.7 Å². The average Bonchev–Trinajstić information content (AvgIpc) is 2.88. The number of carbonyl (C=O) groups is 3. The van der Waals surface area contributed by atoms with Crippen molar-refractivity contribution in [3.05, 3.63) is 35.4 Å². The molecule has 5 aliphatic heterocycles. The fourth-order valence-electron chi connectivity index (χ4n) is 7.16. The number of piperidine rings is 2. The molecule has 0 saturated carbocycles. The van der Waals surface area contributed by atoms with Gasteiger partial charge >= 0.3 is 0 Å². The Labute approximate surface area is 226 Å². The average molecular weight is 526 g/mol. The van der Waals surface area contributed by atoms with Gasteiger partial charge in [-0.15, -0.1) is 0 Å². The predicted octanol–water partition coefficient (Wildman–Crippen LogP) is 2.36. The van der Waals surface area contributed by atoms with Crippen molar-refractivity contribution in [1.82, 2.24) is 24.9 Å². The predicted molar refractivity (Wildman–Crippen MR) is 145 cm³/mol. The Balaban J connectivity index is 1.15. The Hall–Kier alpha value is -2.97. The Morgan fingerprint density at radius 2 is 1.21 bits per heavy atom. The highest BCUT2D eigenvalue weighted by atomic mass is 16.5. The maximum Gasteiger partial charge on any atom is 0.250 e. The van der Waals surface area contributed by atoms with Crippen molar-refractivity contribution in [2.24, 2.45) is 0 Å². The number of carbonyl (C=O) groups excluding carboxylic acids is 3. The van der Waals surface area contributed by atoms with Gasteiger partial charge in [0.05, 0.1) is 7.11 Å². The highest BCUT2D eigenvalue weighted by Gasteiger charge is 2.38. The third kappa shape index (κ3) is 5.43. The molecule has 9 nitrogen and oxygen atoms in total. The molecule has 208 valence electrons. The van der Waals surface area contributed by atoms with Crippen molar-refractivity contribution >= 4 is 17.7 Å². The fraction of sp³-hybridized carbons (Fsp3) is 0.690. The molecule has 5 rings (SSSR count). The van der Waals surface area contributed by atoms with Crippen LogP contribution in [0.1, 0.15) is 65.7 Å². The molecule has 0 radical (unpaired) electrons. The van der Waals surface area contributed by atoms with E-state index in [0.29, 0.717) is 0 Å². The molecule has 0 bridgehead atoms. The van der Waals surface area contributed by atoms with Crippen molar-refractivity contribution < 1.29 is 19.1 Å². The minimum atomic E-state index is -0.00323. The second kappa shape index (κ2) is 11.0. The molecule has 5 heterocycles. The van der Waals surface area contributed by atoms with E-state index in [-0.39, 0.29) is 47.9 Å². The summed E-state index contributed by atoms with van der Waals surface area (Å²) in [5.41, 5.74) is 2.26. The largest absolute Gasteiger partial charge is 0.501 e. The van der Waals surface area contributed by atoms with Gasteiger partial charge in [-0.25, -0.2) is 0 Å². The van der Waals surface area contributed by atoms with Crippen LogP contribution in [-0.2, 0) is 19.1 Å². The topological polar surface area (TPSA) is 85.4 Å². The number of hydrogen-bond donors (Lipinski definition) is 1. The van der Waals surface area contributed by atoms with E-state index in [4.69, 9.17) is 4.74 Å². The van der Waals surface area contributed by atoms with Crippen molar-refractivity contribution in [3.8, 4) is 0 Å². The molecule has 3 unspecified atom stereocenters. The molecule has 2 saturated heterocycles. The highest BCUT2D eigenvalue weighted by Crippen LogP contribution is 2.32. The van der Waals surface area contributed by atoms with Crippen molar-refractivity contribution in [2.45, 2.75) is 95.9 Å². The van der Waals surface area contributed by atoms with Crippen LogP contribution in [0, 0.1) is 0 Å². The first kappa shape index (κ1) is 26.6. The summed E-state index contributed by atoms with van der Waals surface area (Å²) in [6, 6.07) is 0.948. The SMILES string of the molecule is COC1=CC(=O)N(C2CCN(C3=CC(=O)N(C4CCN(C5=CC(=O)NC(C)C5)CC4)C(C)C3)CC2)C(C)C1. The maximum atomic E-state index is 13.4. The van der Waals surface area contributed by atoms with Crippen LogP contribution in [0.15, 0.2) is 35.4 Å². The summed E-state index contributed by atoms with van der Waals surface area (Å²) >= 11 is 0. The van der Waals surface area contributed by atoms with Crippen LogP contribution in [-0.4, -0.2) is 101 Å². The Bertz CT molecular complexity index is 1040. The van der Waals surface area contributed by atoms with E-state index < -0.39 is 0 Å². The molecule has 0 aromatic rings. The number of amides is 3. The molecule has 0 spiro atoms. The maximum absolute atomic E-state index is 13.4. The van der Waals surface area contributed by atoms with E-state index in [1.165, 1.54) is 0 Å². The van der Waals surface area contributed by atoms with Gasteiger partial charge in [-0.2, -0.15) is 0 Å². The molecule has 5 aliphatic rings. The fourth-order valence-corrected chi connectivity index (χ4v) is 7.16. The van der Waals surface area contributed by atoms with Crippen molar-refractivity contribution in [3.63, 3.8) is 0 Å². The first-order valence-electron chi connectivity index (χ1n) is 14.3. The lowest BCUT2D eigenvalue weighted by molar-refractivity contribution is -0.133. The number of methoxy groups -OCH3 is 1. The van der Waals surface area contributed by atoms with Crippen LogP contribution in [0.2, 0.25) is 0 Å². The smallest absolute Gasteiger partial charge is 0.250 e. The molecule has 1 N–H and O–H groups in total. The van der Waals surface area contributed by atoms with Gasteiger partial charge in [-0.3, -0.25) is 14.4 Å². The molecule has 9 heteroatoms. The number of rotatable bonds is 5. The van der Waals surface area contributed by atoms with Crippen LogP contribution in [0.5, 0.6) is 0 Å². The minimum Gasteiger partial charge on any atom is -0.501 e. The summed E-state index contributed by atoms with van der Waals surface area (Å²) in [6.45, 7) is 9.81. The number of ether oxygens (including phenoxy) is 1. The molecule has 3 atom stereocenters. The lowest BCUT2D eigenvalue weighted by Crippen LogP contribution is -2.54. The normalized spacial score (nSPS) is 30.2. The zero-order valence-electron chi connectivity index (χ0n) is 23.3. The number of hydrogen-bond acceptors (Lipinski definition) is 6. The zero-order chi connectivity index (χ0) is 27.0. The molecule has 2 fully saturated rings. The summed E-state index contributed by atoms with van der Waals surface area (Å²) in [5, 5.41) is 2.95. The van der Waals surface area contributed by atoms with Gasteiger partial charge in [-0.1, -0.05) is 0 Å². The van der Waals surface area contributed by atoms with Gasteiger partial charge in [0.25, 0.3) is 0 Å². The van der Waals surface area contributed by atoms with Gasteiger partial charge in [0.15, 0.2) is 0 Å². The number of nitrogens with one attached hydrogen (secondary N) is 1. The lowest BCUT2D eigenvalue weighted by Gasteiger charge is -2.47. The van der Waals surface area contributed by atoms with E-state index in [9.17, 15) is 14.4 Å². The highest BCUT2D eigenvalue weighted by molar-refractivity contribution is 5.90. The molecular formula is C29H43N5O4. The molecule has 0 aliphatic carbocycles. The summed E-state index contributed by atoms with van der Waals surface area (Å²) < 4.78 is 5.32. The van der Waals surface area contributed by atoms with E-state index in [0.717, 1.165) is 88.3 Å². The lowest BCUT2D eigenvalue weighted by atomic mass is 9.93. The van der Waals surface area contributed by atoms with Gasteiger partial charge in [0.2, 0.25) is 17.7 Å². The number of likely N-dealkylation sites (tertiary alicyclic amines) is 2. The van der Waals surface area contributed by atoms with Crippen molar-refractivity contribution in [1.29, 1.82) is 0 Å². The van der Waals surface area contributed by atoms with Crippen LogP contribution >= 0.6 is 0 Å². The minimum absolute atomic E-state index is 0.00323. The van der Waals surface area contributed by atoms with E-state index in [1.807, 2.05) is 17.9 Å². The molecule has 38 heavy (non-hydrogen) atoms. The van der Waals surface area contributed by atoms with Gasteiger partial charge in [0, 0.05) is 105 Å². The molecule has 0 aromatic heterocycles. The third-order valence-corrected chi connectivity index (χ3v) is 9.03. The monoisotopic (exact) mass is 525 g/mol. The van der Waals surface area contributed by atoms with Crippen LogP contribution < -0.4 is 5.32 Å². The first-order chi connectivity index (χ1) is 18.2. The second-order valence-corrected chi connectivity index (χ2v) is 11.7. The standard InChI is InChI=1S/C29H43N5O4/c1-19-13-24(16-27(35)30-19)31-9-5-22(6-10-31)33-20(2)14-25(17-28(33)36)32-11-7-23(8-12-32)34-21(3)15-26(38-4)18-29(34)37/h16-23H,5-15H2,1-4H3,(H,30,35).